The van der Waals surface area contributed by atoms with E-state index in [-0.39, 0.29) is 50.4 Å². The number of amides is 1. The molecule has 1 amide bonds. The zero-order valence-electron chi connectivity index (χ0n) is 23.9. The van der Waals surface area contributed by atoms with Crippen molar-refractivity contribution in [3.05, 3.63) is 63.0 Å². The molecule has 0 radical (unpaired) electrons. The summed E-state index contributed by atoms with van der Waals surface area (Å²) in [6, 6.07) is 3.47. The number of carbonyl (C=O) groups excluding carboxylic acids is 2. The molecule has 3 aliphatic rings. The minimum Gasteiger partial charge on any atom is -0.481 e. The molecule has 4 heterocycles. The topological polar surface area (TPSA) is 134 Å². The summed E-state index contributed by atoms with van der Waals surface area (Å²) in [5.74, 6) is -1.79. The third-order valence-electron chi connectivity index (χ3n) is 7.84. The zero-order valence-corrected chi connectivity index (χ0v) is 24.7. The Morgan fingerprint density at radius 1 is 1.33 bits per heavy atom. The number of aromatic nitrogens is 1. The SMILES string of the molecule is CCOC(=O)C1=C(CN2CCO[C@H]3C(=O)N(CC(C)(C)C(=O)O)C[C@H]32)NC(c2nccs2)=N[C@H]1c1cccc(F)c1C. The number of likely N-dealkylation sites (tertiary alicyclic amines) is 1. The minimum absolute atomic E-state index is 0.0438. The number of carboxylic acids is 1. The molecule has 0 unspecified atom stereocenters. The van der Waals surface area contributed by atoms with Gasteiger partial charge in [0.15, 0.2) is 16.9 Å². The first-order valence-corrected chi connectivity index (χ1v) is 14.7. The number of rotatable bonds is 9. The highest BCUT2D eigenvalue weighted by Gasteiger charge is 2.49. The van der Waals surface area contributed by atoms with Gasteiger partial charge < -0.3 is 24.8 Å². The van der Waals surface area contributed by atoms with Crippen molar-refractivity contribution in [2.45, 2.75) is 45.9 Å². The number of benzene rings is 1. The number of esters is 1. The minimum atomic E-state index is -1.13. The van der Waals surface area contributed by atoms with E-state index in [1.54, 1.807) is 46.0 Å². The summed E-state index contributed by atoms with van der Waals surface area (Å²) in [5.41, 5.74) is 0.538. The van der Waals surface area contributed by atoms with E-state index in [4.69, 9.17) is 14.5 Å². The molecule has 0 aliphatic carbocycles. The van der Waals surface area contributed by atoms with Crippen LogP contribution in [0.25, 0.3) is 0 Å². The van der Waals surface area contributed by atoms with Crippen molar-refractivity contribution in [3.8, 4) is 0 Å². The highest BCUT2D eigenvalue weighted by Crippen LogP contribution is 2.36. The van der Waals surface area contributed by atoms with E-state index in [9.17, 15) is 23.9 Å². The Morgan fingerprint density at radius 2 is 2.12 bits per heavy atom. The van der Waals surface area contributed by atoms with E-state index < -0.39 is 35.3 Å². The lowest BCUT2D eigenvalue weighted by atomic mass is 9.92. The Balaban J connectivity index is 1.53. The summed E-state index contributed by atoms with van der Waals surface area (Å²) in [4.78, 5) is 51.4. The fourth-order valence-electron chi connectivity index (χ4n) is 5.56. The van der Waals surface area contributed by atoms with Gasteiger partial charge >= 0.3 is 11.9 Å². The number of halogens is 1. The van der Waals surface area contributed by atoms with Crippen LogP contribution < -0.4 is 5.32 Å². The molecule has 3 atom stereocenters. The number of hydrogen-bond acceptors (Lipinski definition) is 10. The molecule has 2 saturated heterocycles. The summed E-state index contributed by atoms with van der Waals surface area (Å²) in [5, 5.41) is 15.3. The number of aliphatic imine (C=N–C) groups is 1. The van der Waals surface area contributed by atoms with Gasteiger partial charge in [-0.3, -0.25) is 19.5 Å². The Kier molecular flexibility index (Phi) is 8.44. The van der Waals surface area contributed by atoms with Gasteiger partial charge in [0.05, 0.1) is 30.2 Å². The highest BCUT2D eigenvalue weighted by atomic mass is 32.1. The predicted molar refractivity (Wildman–Crippen MR) is 152 cm³/mol. The lowest BCUT2D eigenvalue weighted by Crippen LogP contribution is -2.53. The van der Waals surface area contributed by atoms with Crippen LogP contribution in [0.5, 0.6) is 0 Å². The maximum Gasteiger partial charge on any atom is 0.338 e. The second-order valence-corrected chi connectivity index (χ2v) is 12.0. The van der Waals surface area contributed by atoms with Crippen LogP contribution in [0.15, 0.2) is 46.0 Å². The number of hydrogen-bond donors (Lipinski definition) is 2. The van der Waals surface area contributed by atoms with Gasteiger partial charge in [-0.15, -0.1) is 11.3 Å². The first kappa shape index (κ1) is 29.8. The molecule has 0 spiro atoms. The van der Waals surface area contributed by atoms with Crippen LogP contribution in [-0.2, 0) is 23.9 Å². The van der Waals surface area contributed by atoms with Gasteiger partial charge in [0.1, 0.15) is 11.9 Å². The summed E-state index contributed by atoms with van der Waals surface area (Å²) < 4.78 is 26.1. The monoisotopic (exact) mass is 599 g/mol. The molecule has 2 fully saturated rings. The van der Waals surface area contributed by atoms with Crippen molar-refractivity contribution in [3.63, 3.8) is 0 Å². The first-order valence-electron chi connectivity index (χ1n) is 13.8. The second-order valence-electron chi connectivity index (χ2n) is 11.1. The molecule has 0 bridgehead atoms. The van der Waals surface area contributed by atoms with Gasteiger partial charge in [-0.05, 0) is 44.9 Å². The number of ether oxygens (including phenoxy) is 2. The molecular weight excluding hydrogens is 565 g/mol. The van der Waals surface area contributed by atoms with Crippen molar-refractivity contribution in [2.24, 2.45) is 10.4 Å². The van der Waals surface area contributed by atoms with Gasteiger partial charge in [-0.1, -0.05) is 12.1 Å². The van der Waals surface area contributed by atoms with Gasteiger partial charge in [0.25, 0.3) is 5.91 Å². The first-order chi connectivity index (χ1) is 20.0. The molecule has 1 aromatic heterocycles. The summed E-state index contributed by atoms with van der Waals surface area (Å²) in [7, 11) is 0. The standard InChI is InChI=1S/C29H34FN5O6S/c1-5-40-27(37)21-19(13-34-10-11-41-23-20(34)14-35(26(23)36)15-29(3,4)28(38)39)32-24(25-31-9-12-42-25)33-22(21)17-7-6-8-18(30)16(17)2/h6-9,12,20,22-23H,5,10-11,13-15H2,1-4H3,(H,32,33)(H,38,39)/t20-,22+,23-/m1/s1. The summed E-state index contributed by atoms with van der Waals surface area (Å²) >= 11 is 1.38. The molecule has 3 aliphatic heterocycles. The number of carboxylic acid groups (broad SMARTS) is 1. The van der Waals surface area contributed by atoms with E-state index >= 15 is 0 Å². The van der Waals surface area contributed by atoms with Crippen LogP contribution >= 0.6 is 11.3 Å². The van der Waals surface area contributed by atoms with E-state index in [0.717, 1.165) is 0 Å². The number of morpholine rings is 1. The molecule has 1 aromatic carbocycles. The average Bonchev–Trinajstić information content (AvgIpc) is 3.59. The quantitative estimate of drug-likeness (QED) is 0.417. The molecule has 0 saturated carbocycles. The lowest BCUT2D eigenvalue weighted by molar-refractivity contribution is -0.150. The molecule has 224 valence electrons. The smallest absolute Gasteiger partial charge is 0.338 e. The van der Waals surface area contributed by atoms with Gasteiger partial charge in [-0.25, -0.2) is 14.2 Å². The van der Waals surface area contributed by atoms with Crippen LogP contribution in [0.3, 0.4) is 0 Å². The van der Waals surface area contributed by atoms with Crippen molar-refractivity contribution in [1.82, 2.24) is 20.1 Å². The maximum absolute atomic E-state index is 14.7. The number of nitrogens with one attached hydrogen (secondary N) is 1. The zero-order chi connectivity index (χ0) is 30.2. The fourth-order valence-corrected chi connectivity index (χ4v) is 6.15. The van der Waals surface area contributed by atoms with Crippen molar-refractivity contribution >= 4 is 35.0 Å². The van der Waals surface area contributed by atoms with E-state index in [0.29, 0.717) is 34.2 Å². The molecule has 2 aromatic rings. The Hall–Kier alpha value is -3.68. The van der Waals surface area contributed by atoms with Crippen molar-refractivity contribution in [2.75, 3.05) is 39.4 Å². The molecule has 11 nitrogen and oxygen atoms in total. The van der Waals surface area contributed by atoms with Gasteiger partial charge in [0.2, 0.25) is 0 Å². The summed E-state index contributed by atoms with van der Waals surface area (Å²) in [6.07, 6.45) is 0.896. The van der Waals surface area contributed by atoms with Gasteiger partial charge in [-0.2, -0.15) is 0 Å². The van der Waals surface area contributed by atoms with Crippen LogP contribution in [0.4, 0.5) is 4.39 Å². The number of fused-ring (bicyclic) bond motifs is 1. The highest BCUT2D eigenvalue weighted by molar-refractivity contribution is 7.11. The number of nitrogens with zero attached hydrogens (tertiary/aromatic N) is 4. The largest absolute Gasteiger partial charge is 0.481 e. The van der Waals surface area contributed by atoms with Gasteiger partial charge in [0, 0.05) is 43.5 Å². The molecule has 2 N–H and O–H groups in total. The van der Waals surface area contributed by atoms with Crippen LogP contribution in [0.1, 0.15) is 42.9 Å². The van der Waals surface area contributed by atoms with Crippen molar-refractivity contribution in [1.29, 1.82) is 0 Å². The van der Waals surface area contributed by atoms with Crippen LogP contribution in [0, 0.1) is 18.2 Å². The molecule has 5 rings (SSSR count). The number of amidine groups is 1. The third-order valence-corrected chi connectivity index (χ3v) is 8.62. The summed E-state index contributed by atoms with van der Waals surface area (Å²) in [6.45, 7) is 7.96. The number of thiazole rings is 1. The van der Waals surface area contributed by atoms with E-state index in [1.165, 1.54) is 22.3 Å². The van der Waals surface area contributed by atoms with Crippen LogP contribution in [0.2, 0.25) is 0 Å². The molecular formula is C29H34FN5O6S. The lowest BCUT2D eigenvalue weighted by Gasteiger charge is -2.38. The normalized spacial score (nSPS) is 23.0. The third kappa shape index (κ3) is 5.68. The fraction of sp³-hybridized carbons (Fsp3) is 0.483. The number of carbonyl (C=O) groups is 3. The van der Waals surface area contributed by atoms with E-state index in [2.05, 4.69) is 15.2 Å². The van der Waals surface area contributed by atoms with E-state index in [1.807, 2.05) is 5.38 Å². The Labute approximate surface area is 247 Å². The number of aliphatic carboxylic acids is 1. The Morgan fingerprint density at radius 3 is 2.81 bits per heavy atom. The van der Waals surface area contributed by atoms with Crippen molar-refractivity contribution < 1.29 is 33.4 Å². The molecule has 13 heteroatoms. The van der Waals surface area contributed by atoms with Crippen LogP contribution in [-0.4, -0.2) is 95.1 Å². The maximum atomic E-state index is 14.7. The second kappa shape index (κ2) is 11.9. The Bertz CT molecular complexity index is 1440. The predicted octanol–water partition coefficient (Wildman–Crippen LogP) is 2.52. The molecule has 42 heavy (non-hydrogen) atoms. The average molecular weight is 600 g/mol.